The van der Waals surface area contributed by atoms with Gasteiger partial charge in [-0.2, -0.15) is 8.62 Å². The van der Waals surface area contributed by atoms with Crippen molar-refractivity contribution in [3.8, 4) is 11.8 Å². The van der Waals surface area contributed by atoms with Crippen LogP contribution in [0.3, 0.4) is 0 Å². The summed E-state index contributed by atoms with van der Waals surface area (Å²) in [7, 11) is -16.6. The van der Waals surface area contributed by atoms with Crippen molar-refractivity contribution in [1.29, 1.82) is 0 Å². The molecule has 32 heavy (non-hydrogen) atoms. The molecule has 2 unspecified atom stereocenters. The van der Waals surface area contributed by atoms with Crippen molar-refractivity contribution in [1.82, 2.24) is 9.55 Å². The molecule has 2 heterocycles. The van der Waals surface area contributed by atoms with Crippen LogP contribution in [-0.2, 0) is 31.6 Å². The van der Waals surface area contributed by atoms with Gasteiger partial charge < -0.3 is 35.2 Å². The molecule has 0 aromatic carbocycles. The smallest absolute Gasteiger partial charge is 0.388 e. The summed E-state index contributed by atoms with van der Waals surface area (Å²) >= 11 is 0. The van der Waals surface area contributed by atoms with E-state index in [9.17, 15) is 33.3 Å². The van der Waals surface area contributed by atoms with Gasteiger partial charge in [0, 0.05) is 12.6 Å². The highest BCUT2D eigenvalue weighted by Gasteiger charge is 2.42. The van der Waals surface area contributed by atoms with Gasteiger partial charge in [-0.25, -0.2) is 18.5 Å². The quantitative estimate of drug-likeness (QED) is 0.142. The largest absolute Gasteiger partial charge is 0.490 e. The fourth-order valence-corrected chi connectivity index (χ4v) is 5.53. The monoisotopic (exact) mass is 521 g/mol. The summed E-state index contributed by atoms with van der Waals surface area (Å²) in [6, 6.07) is 0. The molecule has 0 saturated carbocycles. The Morgan fingerprint density at radius 2 is 1.84 bits per heavy atom. The second kappa shape index (κ2) is 10.2. The number of rotatable bonds is 8. The Morgan fingerprint density at radius 3 is 2.44 bits per heavy atom. The van der Waals surface area contributed by atoms with E-state index in [1.807, 2.05) is 4.98 Å². The molecule has 17 nitrogen and oxygen atoms in total. The number of nitrogens with zero attached hydrogens (tertiary/aromatic N) is 1. The van der Waals surface area contributed by atoms with Crippen LogP contribution in [0.1, 0.15) is 18.2 Å². The predicted molar refractivity (Wildman–Crippen MR) is 102 cm³/mol. The third-order valence-electron chi connectivity index (χ3n) is 3.57. The van der Waals surface area contributed by atoms with Gasteiger partial charge in [-0.15, -0.1) is 0 Å². The highest BCUT2D eigenvalue weighted by Crippen LogP contribution is 2.66. The lowest BCUT2D eigenvalue weighted by Crippen LogP contribution is -2.36. The second-order valence-corrected chi connectivity index (χ2v) is 10.5. The molecule has 0 bridgehead atoms. The molecule has 0 spiro atoms. The first kappa shape index (κ1) is 26.8. The van der Waals surface area contributed by atoms with E-state index in [4.69, 9.17) is 25.2 Å². The third kappa shape index (κ3) is 7.84. The number of H-pyrrole nitrogens is 1. The van der Waals surface area contributed by atoms with Crippen molar-refractivity contribution in [2.45, 2.75) is 24.9 Å². The number of phosphoric acid groups is 3. The van der Waals surface area contributed by atoms with Crippen molar-refractivity contribution in [3.05, 3.63) is 32.6 Å². The Bertz CT molecular complexity index is 1160. The number of aromatic nitrogens is 2. The molecule has 0 radical (unpaired) electrons. The lowest BCUT2D eigenvalue weighted by atomic mass is 10.2. The fraction of sp³-hybridized carbons (Fsp3) is 0.500. The minimum Gasteiger partial charge on any atom is -0.388 e. The lowest BCUT2D eigenvalue weighted by Gasteiger charge is -2.19. The van der Waals surface area contributed by atoms with Gasteiger partial charge in [-0.05, 0) is 0 Å². The van der Waals surface area contributed by atoms with Crippen molar-refractivity contribution in [3.63, 3.8) is 0 Å². The number of ether oxygens (including phenoxy) is 1. The van der Waals surface area contributed by atoms with E-state index in [0.29, 0.717) is 0 Å². The van der Waals surface area contributed by atoms with E-state index >= 15 is 0 Å². The summed E-state index contributed by atoms with van der Waals surface area (Å²) in [5, 5.41) is 10.2. The summed E-state index contributed by atoms with van der Waals surface area (Å²) in [6.45, 7) is -0.890. The van der Waals surface area contributed by atoms with Crippen LogP contribution in [0, 0.1) is 11.8 Å². The summed E-state index contributed by atoms with van der Waals surface area (Å²) in [5.41, 5.74) is 3.32. The molecule has 1 fully saturated rings. The van der Waals surface area contributed by atoms with Crippen LogP contribution in [0.5, 0.6) is 0 Å². The standard InChI is InChI=1S/C12H18N3O14P3/c13-3-1-2-7-5-15(12(18)14-10(7)17)11-9(16)4-8(27-11)6-26-31(22,23)29-32(24,25)28-30(19,20)21/h5,8-9,11,16H,3-4,6,13H2,(H,22,23)(H,24,25)(H,14,17,18)(H2,19,20,21)/t8-,9+,11+/m0/s1. The number of nitrogens with two attached hydrogens (primary N) is 1. The first-order chi connectivity index (χ1) is 14.6. The van der Waals surface area contributed by atoms with E-state index in [0.717, 1.165) is 10.8 Å². The zero-order valence-electron chi connectivity index (χ0n) is 15.7. The zero-order chi connectivity index (χ0) is 24.3. The van der Waals surface area contributed by atoms with Gasteiger partial charge in [0.2, 0.25) is 0 Å². The molecule has 1 aliphatic rings. The van der Waals surface area contributed by atoms with Gasteiger partial charge in [0.25, 0.3) is 5.56 Å². The Kier molecular flexibility index (Phi) is 8.54. The Labute approximate surface area is 178 Å². The molecule has 2 rings (SSSR count). The topological polar surface area (TPSA) is 270 Å². The third-order valence-corrected chi connectivity index (χ3v) is 7.37. The molecular weight excluding hydrogens is 503 g/mol. The van der Waals surface area contributed by atoms with Gasteiger partial charge in [0.05, 0.1) is 19.3 Å². The first-order valence-electron chi connectivity index (χ1n) is 8.29. The normalized spacial score (nSPS) is 24.9. The number of hydrogen-bond acceptors (Lipinski definition) is 11. The molecule has 5 atom stereocenters. The Hall–Kier alpha value is -1.47. The SMILES string of the molecule is NCC#Cc1cn([C@@H]2O[C@H](COP(=O)(O)OP(=O)(O)OP(=O)(O)O)C[C@H]2O)c(=O)[nH]c1=O. The van der Waals surface area contributed by atoms with Crippen molar-refractivity contribution >= 4 is 23.5 Å². The van der Waals surface area contributed by atoms with Gasteiger partial charge >= 0.3 is 29.2 Å². The lowest BCUT2D eigenvalue weighted by molar-refractivity contribution is -0.0524. The van der Waals surface area contributed by atoms with Crippen LogP contribution in [0.4, 0.5) is 0 Å². The molecule has 1 aromatic heterocycles. The van der Waals surface area contributed by atoms with Crippen LogP contribution in [0.25, 0.3) is 0 Å². The fourth-order valence-electron chi connectivity index (χ4n) is 2.48. The highest BCUT2D eigenvalue weighted by atomic mass is 31.3. The van der Waals surface area contributed by atoms with E-state index in [1.54, 1.807) is 0 Å². The van der Waals surface area contributed by atoms with Gasteiger partial charge in [0.15, 0.2) is 6.23 Å². The number of phosphoric ester groups is 1. The minimum absolute atomic E-state index is 0.0657. The highest BCUT2D eigenvalue weighted by molar-refractivity contribution is 7.66. The van der Waals surface area contributed by atoms with Crippen LogP contribution >= 0.6 is 23.5 Å². The van der Waals surface area contributed by atoms with Gasteiger partial charge in [0.1, 0.15) is 11.7 Å². The zero-order valence-corrected chi connectivity index (χ0v) is 18.4. The molecule has 180 valence electrons. The minimum atomic E-state index is -5.69. The molecule has 0 aliphatic carbocycles. The number of aliphatic hydroxyl groups excluding tert-OH is 1. The number of nitrogens with one attached hydrogen (secondary N) is 1. The Morgan fingerprint density at radius 1 is 1.19 bits per heavy atom. The van der Waals surface area contributed by atoms with Gasteiger partial charge in [-0.3, -0.25) is 18.9 Å². The predicted octanol–water partition coefficient (Wildman–Crippen LogP) is -2.16. The second-order valence-electron chi connectivity index (χ2n) is 6.05. The summed E-state index contributed by atoms with van der Waals surface area (Å²) in [4.78, 5) is 61.3. The van der Waals surface area contributed by atoms with Crippen molar-refractivity contribution in [2.24, 2.45) is 5.73 Å². The summed E-state index contributed by atoms with van der Waals surface area (Å²) < 4.78 is 51.4. The molecule has 1 aliphatic heterocycles. The number of hydrogen-bond donors (Lipinski definition) is 7. The maximum absolute atomic E-state index is 12.1. The summed E-state index contributed by atoms with van der Waals surface area (Å²) in [6.07, 6.45) is -3.12. The maximum Gasteiger partial charge on any atom is 0.490 e. The first-order valence-corrected chi connectivity index (χ1v) is 12.8. The van der Waals surface area contributed by atoms with E-state index in [2.05, 4.69) is 25.0 Å². The maximum atomic E-state index is 12.1. The molecule has 8 N–H and O–H groups in total. The van der Waals surface area contributed by atoms with Crippen LogP contribution in [-0.4, -0.2) is 59.6 Å². The van der Waals surface area contributed by atoms with Gasteiger partial charge in [-0.1, -0.05) is 11.8 Å². The van der Waals surface area contributed by atoms with Crippen LogP contribution < -0.4 is 17.0 Å². The Balaban J connectivity index is 2.09. The molecular formula is C12H18N3O14P3. The van der Waals surface area contributed by atoms with E-state index < -0.39 is 59.8 Å². The average molecular weight is 521 g/mol. The molecule has 1 saturated heterocycles. The van der Waals surface area contributed by atoms with Crippen LogP contribution in [0.2, 0.25) is 0 Å². The molecule has 1 aromatic rings. The van der Waals surface area contributed by atoms with Crippen molar-refractivity contribution in [2.75, 3.05) is 13.2 Å². The average Bonchev–Trinajstić information content (AvgIpc) is 2.97. The number of aromatic amines is 1. The molecule has 0 amide bonds. The van der Waals surface area contributed by atoms with Crippen LogP contribution in [0.15, 0.2) is 15.8 Å². The summed E-state index contributed by atoms with van der Waals surface area (Å²) in [5.74, 6) is 4.84. The number of aliphatic hydroxyl groups is 1. The molecule has 20 heteroatoms. The van der Waals surface area contributed by atoms with Crippen molar-refractivity contribution < 1.29 is 56.3 Å². The van der Waals surface area contributed by atoms with E-state index in [-0.39, 0.29) is 18.5 Å². The van der Waals surface area contributed by atoms with E-state index in [1.165, 1.54) is 0 Å².